The average Bonchev–Trinajstić information content (AvgIpc) is 3.43. The van der Waals surface area contributed by atoms with E-state index in [4.69, 9.17) is 37.3 Å². The van der Waals surface area contributed by atoms with Gasteiger partial charge >= 0.3 is 93.6 Å². The van der Waals surface area contributed by atoms with Gasteiger partial charge in [0.15, 0.2) is 24.8 Å². The highest BCUT2D eigenvalue weighted by atomic mass is 32.3. The first-order valence-electron chi connectivity index (χ1n) is 16.9. The van der Waals surface area contributed by atoms with Gasteiger partial charge < -0.3 is 28.2 Å². The third kappa shape index (κ3) is 23.5. The molecule has 0 amide bonds. The zero-order valence-corrected chi connectivity index (χ0v) is 41.5. The molecule has 72 heavy (non-hydrogen) atoms. The van der Waals surface area contributed by atoms with Crippen molar-refractivity contribution in [2.24, 2.45) is 0 Å². The molecule has 3 aliphatic rings. The van der Waals surface area contributed by atoms with Gasteiger partial charge in [-0.25, -0.2) is 41.9 Å². The van der Waals surface area contributed by atoms with Crippen molar-refractivity contribution in [1.29, 1.82) is 0 Å². The largest absolute Gasteiger partial charge is 0.750 e. The lowest BCUT2D eigenvalue weighted by Gasteiger charge is -2.48. The van der Waals surface area contributed by atoms with E-state index < -0.39 is 217 Å². The molecule has 44 nitrogen and oxygen atoms in total. The fourth-order valence-corrected chi connectivity index (χ4v) is 10.2. The lowest BCUT2D eigenvalue weighted by atomic mass is 9.96. The van der Waals surface area contributed by atoms with Gasteiger partial charge in [-0.2, -0.15) is 75.8 Å². The Labute approximate surface area is 406 Å². The van der Waals surface area contributed by atoms with Crippen molar-refractivity contribution in [3.63, 3.8) is 0 Å². The van der Waals surface area contributed by atoms with Crippen LogP contribution in [0.4, 0.5) is 0 Å². The summed E-state index contributed by atoms with van der Waals surface area (Å²) in [7, 11) is -54.5. The predicted molar refractivity (Wildman–Crippen MR) is 202 cm³/mol. The smallest absolute Gasteiger partial charge is 0.397 e. The third-order valence-electron chi connectivity index (χ3n) is 8.04. The number of rotatable bonds is 28. The van der Waals surface area contributed by atoms with Crippen molar-refractivity contribution in [3.05, 3.63) is 0 Å². The summed E-state index contributed by atoms with van der Waals surface area (Å²) >= 11 is -3.87. The molecule has 0 aromatic rings. The molecule has 0 aromatic carbocycles. The molecule has 0 bridgehead atoms. The molecule has 0 aliphatic carbocycles. The molecule has 3 aliphatic heterocycles. The second kappa shape index (κ2) is 24.2. The maximum Gasteiger partial charge on any atom is 0.397 e. The minimum absolute atomic E-state index is 1.68. The fraction of sp³-hybridized carbons (Fsp3) is 1.00. The van der Waals surface area contributed by atoms with Gasteiger partial charge in [-0.15, -0.1) is 0 Å². The van der Waals surface area contributed by atoms with E-state index in [9.17, 15) is 112 Å². The summed E-state index contributed by atoms with van der Waals surface area (Å²) in [6.07, 6.45) is -43.6. The predicted octanol–water partition coefficient (Wildman–Crippen LogP) is -8.63. The van der Waals surface area contributed by atoms with E-state index in [0.29, 0.717) is 0 Å². The SMILES string of the molecule is O=S([O-])OC[C@H]1O[C@@H](O[C@H]2[C@H](OS(=O)(=O)O)[C@@H](COS(=O)(=O)O)O[C@@H]2COS(=O)(=O)O)[C@H](OS(=O)(=O)O)[C@@H](OS(=O)(=O)O)[C@@H]1O[C@H]1O[C@H](COS(=O)(=O)O)[C@@H](OS(=O)(=O)O)[C@H](OS(=O)(=O)O)[C@H]1OS(=O)(=O)O. The summed E-state index contributed by atoms with van der Waals surface area (Å²) in [4.78, 5) is 0. The van der Waals surface area contributed by atoms with Crippen molar-refractivity contribution in [3.8, 4) is 0 Å². The lowest BCUT2D eigenvalue weighted by Crippen LogP contribution is -2.67. The van der Waals surface area contributed by atoms with Gasteiger partial charge in [0.25, 0.3) is 0 Å². The van der Waals surface area contributed by atoms with Crippen molar-refractivity contribution in [2.45, 2.75) is 85.8 Å². The molecule has 1 unspecified atom stereocenters. The molecule has 15 atom stereocenters. The fourth-order valence-electron chi connectivity index (χ4n) is 6.04. The third-order valence-corrected chi connectivity index (χ3v) is 12.5. The second-order valence-electron chi connectivity index (χ2n) is 13.1. The van der Waals surface area contributed by atoms with Crippen LogP contribution in [-0.2, 0) is 170 Å². The van der Waals surface area contributed by atoms with Crippen LogP contribution in [0.25, 0.3) is 0 Å². The first kappa shape index (κ1) is 65.0. The Balaban J connectivity index is 2.43. The normalized spacial score (nSPS) is 32.4. The monoisotopic (exact) mass is 1270 g/mol. The van der Waals surface area contributed by atoms with Gasteiger partial charge in [0.1, 0.15) is 61.0 Å². The van der Waals surface area contributed by atoms with Gasteiger partial charge in [0, 0.05) is 0 Å². The van der Waals surface area contributed by atoms with E-state index >= 15 is 0 Å². The quantitative estimate of drug-likeness (QED) is 0.0259. The van der Waals surface area contributed by atoms with Crippen LogP contribution in [0.3, 0.4) is 0 Å². The minimum atomic E-state index is -6.39. The standard InChI is InChI=1S/C18H32O44S10/c19-63(20)48-1-5-10(56-18-16(62-72(45,46)47)14(60-70(39,40)41)12(58-68(33,34)35)8(54-18)4-51-66(27,28)29)13(59-69(36,37)38)15(61-71(42,43)44)17(53-5)55-9-6(2-49-64(21,22)23)52-7(3-50-65(24,25)26)11(9)57-67(30,31)32/h5-18H,1-4H2,(H,19,20)(H,21,22,23)(H,24,25,26)(H,27,28,29)(H,30,31,32)(H,33,34,35)(H,36,37,38)(H,39,40,41)(H,42,43,44)(H,45,46,47)/p-1/t5-,6-,7-,8-,9-,10-,11-,12-,13+,14+,15-,16-,17+,18-/m1/s1. The number of hydrogen-bond acceptors (Lipinski definition) is 35. The highest BCUT2D eigenvalue weighted by Gasteiger charge is 2.60. The Morgan fingerprint density at radius 3 is 0.875 bits per heavy atom. The van der Waals surface area contributed by atoms with E-state index in [-0.39, 0.29) is 0 Å². The van der Waals surface area contributed by atoms with E-state index in [2.05, 4.69) is 41.8 Å². The van der Waals surface area contributed by atoms with Crippen LogP contribution in [0.1, 0.15) is 0 Å². The summed E-state index contributed by atoms with van der Waals surface area (Å²) in [5.74, 6) is 0. The summed E-state index contributed by atoms with van der Waals surface area (Å²) < 4.78 is 390. The molecule has 54 heteroatoms. The zero-order chi connectivity index (χ0) is 55.6. The molecule has 3 saturated heterocycles. The van der Waals surface area contributed by atoms with Crippen LogP contribution in [0.15, 0.2) is 0 Å². The molecule has 428 valence electrons. The summed E-state index contributed by atoms with van der Waals surface area (Å²) in [5.41, 5.74) is 0. The molecule has 0 radical (unpaired) electrons. The van der Waals surface area contributed by atoms with Crippen LogP contribution in [-0.4, -0.2) is 238 Å². The average molecular weight is 1270 g/mol. The zero-order valence-electron chi connectivity index (χ0n) is 33.3. The highest BCUT2D eigenvalue weighted by molar-refractivity contribution is 7.82. The Morgan fingerprint density at radius 2 is 0.569 bits per heavy atom. The minimum Gasteiger partial charge on any atom is -0.750 e. The maximum absolute atomic E-state index is 12.4. The maximum atomic E-state index is 12.4. The molecular weight excluding hydrogens is 1240 g/mol. The molecule has 3 heterocycles. The van der Waals surface area contributed by atoms with Gasteiger partial charge in [-0.05, 0) is 0 Å². The van der Waals surface area contributed by atoms with Crippen LogP contribution < -0.4 is 0 Å². The summed E-state index contributed by atoms with van der Waals surface area (Å²) in [6.45, 7) is -7.27. The first-order valence-corrected chi connectivity index (χ1v) is 30.2. The van der Waals surface area contributed by atoms with Gasteiger partial charge in [0.2, 0.25) is 0 Å². The van der Waals surface area contributed by atoms with E-state index in [1.165, 1.54) is 0 Å². The Hall–Kier alpha value is -1.30. The number of hydrogen-bond donors (Lipinski definition) is 9. The topological polar surface area (TPSA) is 668 Å². The molecule has 0 spiro atoms. The van der Waals surface area contributed by atoms with E-state index in [1.54, 1.807) is 0 Å². The van der Waals surface area contributed by atoms with Crippen LogP contribution in [0.5, 0.6) is 0 Å². The first-order chi connectivity index (χ1) is 32.1. The van der Waals surface area contributed by atoms with Crippen molar-refractivity contribution in [2.75, 3.05) is 26.4 Å². The Kier molecular flexibility index (Phi) is 21.8. The van der Waals surface area contributed by atoms with Gasteiger partial charge in [-0.1, -0.05) is 0 Å². The Morgan fingerprint density at radius 1 is 0.333 bits per heavy atom. The molecule has 0 saturated carbocycles. The summed E-state index contributed by atoms with van der Waals surface area (Å²) in [6, 6.07) is 0. The molecule has 9 N–H and O–H groups in total. The van der Waals surface area contributed by atoms with Crippen molar-refractivity contribution >= 4 is 105 Å². The van der Waals surface area contributed by atoms with Crippen LogP contribution >= 0.6 is 0 Å². The van der Waals surface area contributed by atoms with Gasteiger partial charge in [-0.3, -0.25) is 45.2 Å². The van der Waals surface area contributed by atoms with E-state index in [1.807, 2.05) is 0 Å². The molecule has 3 rings (SSSR count). The number of ether oxygens (including phenoxy) is 5. The Bertz CT molecular complexity index is 2950. The van der Waals surface area contributed by atoms with E-state index in [0.717, 1.165) is 0 Å². The summed E-state index contributed by atoms with van der Waals surface area (Å²) in [5, 5.41) is 0. The van der Waals surface area contributed by atoms with Crippen LogP contribution in [0, 0.1) is 0 Å². The molecule has 0 aromatic heterocycles. The van der Waals surface area contributed by atoms with Crippen LogP contribution in [0.2, 0.25) is 0 Å². The van der Waals surface area contributed by atoms with Crippen molar-refractivity contribution < 1.29 is 191 Å². The highest BCUT2D eigenvalue weighted by Crippen LogP contribution is 2.39. The molecule has 3 fully saturated rings. The van der Waals surface area contributed by atoms with Gasteiger partial charge in [0.05, 0.1) is 37.8 Å². The van der Waals surface area contributed by atoms with Crippen molar-refractivity contribution in [1.82, 2.24) is 0 Å². The lowest BCUT2D eigenvalue weighted by molar-refractivity contribution is -0.354. The second-order valence-corrected chi connectivity index (χ2v) is 23.3. The molecular formula is C18H31O44S10-.